The summed E-state index contributed by atoms with van der Waals surface area (Å²) in [7, 11) is 0. The first-order valence-electron chi connectivity index (χ1n) is 6.29. The Morgan fingerprint density at radius 1 is 1.27 bits per heavy atom. The number of hydrogen-bond acceptors (Lipinski definition) is 5. The van der Waals surface area contributed by atoms with E-state index in [0.29, 0.717) is 10.6 Å². The third kappa shape index (κ3) is 2.77. The van der Waals surface area contributed by atoms with Crippen molar-refractivity contribution in [2.75, 3.05) is 0 Å². The average molecular weight is 316 g/mol. The summed E-state index contributed by atoms with van der Waals surface area (Å²) >= 11 is 5.85. The minimum atomic E-state index is -0.489. The van der Waals surface area contributed by atoms with Crippen molar-refractivity contribution in [3.05, 3.63) is 65.6 Å². The van der Waals surface area contributed by atoms with Gasteiger partial charge in [0.1, 0.15) is 6.33 Å². The van der Waals surface area contributed by atoms with Gasteiger partial charge in [-0.1, -0.05) is 23.7 Å². The third-order valence-electron chi connectivity index (χ3n) is 2.96. The molecule has 0 amide bonds. The van der Waals surface area contributed by atoms with Gasteiger partial charge in [-0.3, -0.25) is 9.89 Å². The fraction of sp³-hybridized carbons (Fsp3) is 0. The fourth-order valence-corrected chi connectivity index (χ4v) is 2.07. The second kappa shape index (κ2) is 5.87. The number of aliphatic hydroxyl groups excluding tert-OH is 1. The number of hydrogen-bond donors (Lipinski definition) is 2. The van der Waals surface area contributed by atoms with Gasteiger partial charge >= 0.3 is 0 Å². The van der Waals surface area contributed by atoms with Crippen molar-refractivity contribution < 1.29 is 14.3 Å². The zero-order valence-electron chi connectivity index (χ0n) is 11.2. The van der Waals surface area contributed by atoms with Gasteiger partial charge in [0.2, 0.25) is 11.6 Å². The molecule has 110 valence electrons. The van der Waals surface area contributed by atoms with E-state index in [4.69, 9.17) is 16.0 Å². The Balaban J connectivity index is 1.93. The first-order valence-corrected chi connectivity index (χ1v) is 6.67. The molecule has 2 aromatic heterocycles. The van der Waals surface area contributed by atoms with Crippen LogP contribution in [-0.2, 0) is 0 Å². The van der Waals surface area contributed by atoms with Gasteiger partial charge in [-0.05, 0) is 23.8 Å². The highest BCUT2D eigenvalue weighted by molar-refractivity contribution is 6.30. The number of H-pyrrole nitrogens is 1. The van der Waals surface area contributed by atoms with Gasteiger partial charge in [0.05, 0.1) is 6.26 Å². The van der Waals surface area contributed by atoms with E-state index < -0.39 is 5.78 Å². The van der Waals surface area contributed by atoms with Gasteiger partial charge in [-0.25, -0.2) is 4.98 Å². The first kappa shape index (κ1) is 14.1. The highest BCUT2D eigenvalue weighted by Crippen LogP contribution is 2.27. The largest absolute Gasteiger partial charge is 0.504 e. The second-order valence-corrected chi connectivity index (χ2v) is 4.82. The van der Waals surface area contributed by atoms with Gasteiger partial charge in [0, 0.05) is 16.7 Å². The van der Waals surface area contributed by atoms with Crippen molar-refractivity contribution in [1.29, 1.82) is 0 Å². The number of carbonyl (C=O) groups is 1. The summed E-state index contributed by atoms with van der Waals surface area (Å²) < 4.78 is 5.24. The quantitative estimate of drug-likeness (QED) is 0.437. The highest BCUT2D eigenvalue weighted by atomic mass is 35.5. The molecular formula is C15H10ClN3O3. The molecule has 6 nitrogen and oxygen atoms in total. The lowest BCUT2D eigenvalue weighted by atomic mass is 10.0. The van der Waals surface area contributed by atoms with E-state index in [-0.39, 0.29) is 17.3 Å². The molecule has 2 N–H and O–H groups in total. The van der Waals surface area contributed by atoms with Crippen LogP contribution >= 0.6 is 11.6 Å². The van der Waals surface area contributed by atoms with Crippen LogP contribution in [0, 0.1) is 0 Å². The second-order valence-electron chi connectivity index (χ2n) is 4.39. The Labute approximate surface area is 130 Å². The zero-order chi connectivity index (χ0) is 15.5. The van der Waals surface area contributed by atoms with E-state index in [1.54, 1.807) is 30.3 Å². The summed E-state index contributed by atoms with van der Waals surface area (Å²) in [6.07, 6.45) is 3.73. The monoisotopic (exact) mass is 315 g/mol. The van der Waals surface area contributed by atoms with E-state index in [0.717, 1.165) is 11.6 Å². The summed E-state index contributed by atoms with van der Waals surface area (Å²) in [5.41, 5.74) is 1.40. The first-order chi connectivity index (χ1) is 10.6. The van der Waals surface area contributed by atoms with Gasteiger partial charge in [-0.15, -0.1) is 0 Å². The molecule has 0 saturated carbocycles. The van der Waals surface area contributed by atoms with E-state index in [2.05, 4.69) is 15.2 Å². The molecule has 0 aliphatic carbocycles. The minimum absolute atomic E-state index is 0.0351. The molecule has 0 unspecified atom stereocenters. The normalized spacial score (nSPS) is 11.6. The number of aromatic nitrogens is 3. The predicted molar refractivity (Wildman–Crippen MR) is 80.5 cm³/mol. The van der Waals surface area contributed by atoms with Crippen LogP contribution in [0.25, 0.3) is 16.9 Å². The molecule has 3 aromatic rings. The molecule has 0 aliphatic heterocycles. The number of ketones is 1. The molecule has 1 aromatic carbocycles. The van der Waals surface area contributed by atoms with Gasteiger partial charge in [0.15, 0.2) is 11.5 Å². The summed E-state index contributed by atoms with van der Waals surface area (Å²) in [4.78, 5) is 16.0. The van der Waals surface area contributed by atoms with Crippen molar-refractivity contribution in [3.8, 4) is 11.1 Å². The van der Waals surface area contributed by atoms with E-state index >= 15 is 0 Å². The summed E-state index contributed by atoms with van der Waals surface area (Å²) in [5, 5.41) is 16.6. The van der Waals surface area contributed by atoms with Crippen LogP contribution in [0.5, 0.6) is 0 Å². The van der Waals surface area contributed by atoms with Crippen molar-refractivity contribution in [2.45, 2.75) is 0 Å². The number of aromatic amines is 1. The van der Waals surface area contributed by atoms with Crippen molar-refractivity contribution in [2.24, 2.45) is 0 Å². The maximum absolute atomic E-state index is 12.3. The number of furan rings is 1. The topological polar surface area (TPSA) is 92.0 Å². The fourth-order valence-electron chi connectivity index (χ4n) is 1.94. The number of halogens is 1. The van der Waals surface area contributed by atoms with Crippen LogP contribution < -0.4 is 0 Å². The molecule has 0 bridgehead atoms. The van der Waals surface area contributed by atoms with Crippen molar-refractivity contribution in [3.63, 3.8) is 0 Å². The lowest BCUT2D eigenvalue weighted by molar-refractivity contribution is 0.102. The molecule has 2 heterocycles. The molecule has 3 rings (SSSR count). The standard InChI is InChI=1S/C15H10ClN3O3/c16-10-3-1-9(2-4-10)11-5-6-22-14(11)12(20)7-13(21)15-17-8-18-19-15/h1-8,21H,(H,17,18,19). The number of carbonyl (C=O) groups excluding carboxylic acids is 1. The molecule has 0 fully saturated rings. The molecule has 0 aliphatic rings. The Hall–Kier alpha value is -2.86. The number of benzene rings is 1. The van der Waals surface area contributed by atoms with Crippen LogP contribution in [0.3, 0.4) is 0 Å². The Bertz CT molecular complexity index is 820. The van der Waals surface area contributed by atoms with Crippen molar-refractivity contribution in [1.82, 2.24) is 15.2 Å². The van der Waals surface area contributed by atoms with Gasteiger partial charge in [0.25, 0.3) is 0 Å². The molecule has 0 spiro atoms. The average Bonchev–Trinajstić information content (AvgIpc) is 3.19. The Morgan fingerprint density at radius 2 is 2.05 bits per heavy atom. The van der Waals surface area contributed by atoms with Crippen molar-refractivity contribution >= 4 is 23.1 Å². The maximum atomic E-state index is 12.3. The number of nitrogens with zero attached hydrogens (tertiary/aromatic N) is 2. The van der Waals surface area contributed by atoms with E-state index in [1.165, 1.54) is 12.6 Å². The maximum Gasteiger partial charge on any atom is 0.225 e. The van der Waals surface area contributed by atoms with Crippen LogP contribution in [0.4, 0.5) is 0 Å². The lowest BCUT2D eigenvalue weighted by Gasteiger charge is -2.01. The number of allylic oxidation sites excluding steroid dienone is 1. The summed E-state index contributed by atoms with van der Waals surface area (Å²) in [5.74, 6) is -0.681. The molecule has 22 heavy (non-hydrogen) atoms. The summed E-state index contributed by atoms with van der Waals surface area (Å²) in [6.45, 7) is 0. The Kier molecular flexibility index (Phi) is 3.76. The molecule has 0 saturated heterocycles. The number of rotatable bonds is 4. The lowest BCUT2D eigenvalue weighted by Crippen LogP contribution is -1.98. The summed E-state index contributed by atoms with van der Waals surface area (Å²) in [6, 6.07) is 8.68. The SMILES string of the molecule is O=C(C=C(O)c1nc[nH]n1)c1occc1-c1ccc(Cl)cc1. The van der Waals surface area contributed by atoms with Crippen LogP contribution in [0.2, 0.25) is 5.02 Å². The molecular weight excluding hydrogens is 306 g/mol. The smallest absolute Gasteiger partial charge is 0.225 e. The van der Waals surface area contributed by atoms with E-state index in [9.17, 15) is 9.90 Å². The van der Waals surface area contributed by atoms with Crippen LogP contribution in [-0.4, -0.2) is 26.1 Å². The van der Waals surface area contributed by atoms with E-state index in [1.807, 2.05) is 0 Å². The molecule has 7 heteroatoms. The zero-order valence-corrected chi connectivity index (χ0v) is 11.9. The van der Waals surface area contributed by atoms with Crippen LogP contribution in [0.1, 0.15) is 16.4 Å². The van der Waals surface area contributed by atoms with Gasteiger partial charge < -0.3 is 9.52 Å². The number of nitrogens with one attached hydrogen (secondary N) is 1. The van der Waals surface area contributed by atoms with Crippen LogP contribution in [0.15, 0.2) is 53.4 Å². The molecule has 0 atom stereocenters. The third-order valence-corrected chi connectivity index (χ3v) is 3.21. The minimum Gasteiger partial charge on any atom is -0.504 e. The molecule has 0 radical (unpaired) electrons. The Morgan fingerprint density at radius 3 is 2.73 bits per heavy atom. The number of aliphatic hydroxyl groups is 1. The van der Waals surface area contributed by atoms with Gasteiger partial charge in [-0.2, -0.15) is 5.10 Å². The highest BCUT2D eigenvalue weighted by Gasteiger charge is 2.17. The predicted octanol–water partition coefficient (Wildman–Crippen LogP) is 3.50.